The Balaban J connectivity index is 2.19. The number of fused-ring (bicyclic) bond motifs is 1. The number of amides is 1. The van der Waals surface area contributed by atoms with Gasteiger partial charge in [0.1, 0.15) is 5.78 Å². The van der Waals surface area contributed by atoms with E-state index in [-0.39, 0.29) is 36.5 Å². The highest BCUT2D eigenvalue weighted by atomic mass is 19.1. The number of hydrogen-bond acceptors (Lipinski definition) is 4. The van der Waals surface area contributed by atoms with Crippen LogP contribution in [0.3, 0.4) is 0 Å². The molecule has 1 heterocycles. The molecular weight excluding hydrogens is 265 g/mol. The lowest BCUT2D eigenvalue weighted by Gasteiger charge is -2.14. The first-order chi connectivity index (χ1) is 9.49. The van der Waals surface area contributed by atoms with Crippen molar-refractivity contribution in [3.8, 4) is 5.75 Å². The molecule has 20 heavy (non-hydrogen) atoms. The van der Waals surface area contributed by atoms with Gasteiger partial charge in [0.15, 0.2) is 17.3 Å². The molecule has 1 unspecified atom stereocenters. The topological polar surface area (TPSA) is 72.5 Å². The van der Waals surface area contributed by atoms with Crippen LogP contribution in [-0.2, 0) is 9.59 Å². The van der Waals surface area contributed by atoms with Gasteiger partial charge in [-0.15, -0.1) is 0 Å². The number of ether oxygens (including phenoxy) is 1. The van der Waals surface area contributed by atoms with Crippen LogP contribution in [0.2, 0.25) is 0 Å². The standard InChI is InChI=1S/C14H14FNO4/c1-8(17)7-12(18)16-11-5-6-20-14-9(13(11)19)3-2-4-10(14)15/h2-4,11H,5-7H2,1H3,(H,16,18). The van der Waals surface area contributed by atoms with Crippen LogP contribution in [0.15, 0.2) is 18.2 Å². The van der Waals surface area contributed by atoms with E-state index >= 15 is 0 Å². The fourth-order valence-electron chi connectivity index (χ4n) is 2.06. The average Bonchev–Trinajstić information content (AvgIpc) is 2.51. The Kier molecular flexibility index (Phi) is 4.12. The third-order valence-corrected chi connectivity index (χ3v) is 2.95. The fourth-order valence-corrected chi connectivity index (χ4v) is 2.06. The molecule has 5 nitrogen and oxygen atoms in total. The molecule has 0 aromatic heterocycles. The van der Waals surface area contributed by atoms with Gasteiger partial charge in [0.05, 0.1) is 24.6 Å². The van der Waals surface area contributed by atoms with Crippen molar-refractivity contribution in [1.82, 2.24) is 5.32 Å². The summed E-state index contributed by atoms with van der Waals surface area (Å²) < 4.78 is 18.8. The lowest BCUT2D eigenvalue weighted by atomic mass is 10.0. The minimum Gasteiger partial charge on any atom is -0.490 e. The number of hydrogen-bond donors (Lipinski definition) is 1. The number of nitrogens with one attached hydrogen (secondary N) is 1. The van der Waals surface area contributed by atoms with Crippen molar-refractivity contribution in [3.63, 3.8) is 0 Å². The Bertz CT molecular complexity index is 570. The van der Waals surface area contributed by atoms with Crippen LogP contribution in [0, 0.1) is 5.82 Å². The zero-order chi connectivity index (χ0) is 14.7. The predicted molar refractivity (Wildman–Crippen MR) is 68.1 cm³/mol. The van der Waals surface area contributed by atoms with E-state index in [4.69, 9.17) is 4.74 Å². The molecule has 6 heteroatoms. The first-order valence-corrected chi connectivity index (χ1v) is 6.23. The normalized spacial score (nSPS) is 17.7. The van der Waals surface area contributed by atoms with Gasteiger partial charge in [-0.25, -0.2) is 4.39 Å². The van der Waals surface area contributed by atoms with Crippen molar-refractivity contribution in [2.45, 2.75) is 25.8 Å². The van der Waals surface area contributed by atoms with Crippen LogP contribution >= 0.6 is 0 Å². The monoisotopic (exact) mass is 279 g/mol. The maximum Gasteiger partial charge on any atom is 0.228 e. The molecule has 106 valence electrons. The van der Waals surface area contributed by atoms with Crippen LogP contribution in [0.1, 0.15) is 30.1 Å². The summed E-state index contributed by atoms with van der Waals surface area (Å²) in [6, 6.07) is 3.27. The van der Waals surface area contributed by atoms with E-state index in [1.54, 1.807) is 0 Å². The molecule has 0 aliphatic carbocycles. The Morgan fingerprint density at radius 1 is 1.45 bits per heavy atom. The summed E-state index contributed by atoms with van der Waals surface area (Å²) in [5.74, 6) is -1.90. The first kappa shape index (κ1) is 14.2. The SMILES string of the molecule is CC(=O)CC(=O)NC1CCOc2c(F)cccc2C1=O. The van der Waals surface area contributed by atoms with E-state index in [1.807, 2.05) is 0 Å². The van der Waals surface area contributed by atoms with Crippen LogP contribution in [-0.4, -0.2) is 30.1 Å². The molecule has 0 fully saturated rings. The zero-order valence-corrected chi connectivity index (χ0v) is 10.9. The Labute approximate surface area is 115 Å². The van der Waals surface area contributed by atoms with Gasteiger partial charge in [0.25, 0.3) is 0 Å². The van der Waals surface area contributed by atoms with Crippen LogP contribution in [0.5, 0.6) is 5.75 Å². The molecule has 0 bridgehead atoms. The summed E-state index contributed by atoms with van der Waals surface area (Å²) in [4.78, 5) is 34.7. The maximum atomic E-state index is 13.6. The molecule has 1 N–H and O–H groups in total. The average molecular weight is 279 g/mol. The summed E-state index contributed by atoms with van der Waals surface area (Å²) in [6.07, 6.45) is -0.0444. The minimum absolute atomic E-state index is 0.0826. The van der Waals surface area contributed by atoms with Crippen LogP contribution < -0.4 is 10.1 Å². The number of carbonyl (C=O) groups is 3. The van der Waals surface area contributed by atoms with Gasteiger partial charge in [-0.1, -0.05) is 6.07 Å². The number of ketones is 2. The van der Waals surface area contributed by atoms with Gasteiger partial charge >= 0.3 is 0 Å². The molecule has 0 saturated carbocycles. The quantitative estimate of drug-likeness (QED) is 0.845. The number of rotatable bonds is 3. The number of Topliss-reactive ketones (excluding diaryl/α,β-unsaturated/α-hetero) is 2. The first-order valence-electron chi connectivity index (χ1n) is 6.23. The minimum atomic E-state index is -0.801. The summed E-state index contributed by atoms with van der Waals surface area (Å²) in [5.41, 5.74) is 0.107. The summed E-state index contributed by atoms with van der Waals surface area (Å²) in [5, 5.41) is 2.49. The number of benzene rings is 1. The second-order valence-corrected chi connectivity index (χ2v) is 4.62. The van der Waals surface area contributed by atoms with E-state index in [0.717, 1.165) is 0 Å². The van der Waals surface area contributed by atoms with Gasteiger partial charge < -0.3 is 10.1 Å². The highest BCUT2D eigenvalue weighted by Gasteiger charge is 2.29. The van der Waals surface area contributed by atoms with E-state index in [0.29, 0.717) is 0 Å². The number of carbonyl (C=O) groups excluding carboxylic acids is 3. The molecular formula is C14H14FNO4. The van der Waals surface area contributed by atoms with Gasteiger partial charge in [-0.3, -0.25) is 14.4 Å². The lowest BCUT2D eigenvalue weighted by molar-refractivity contribution is -0.127. The highest BCUT2D eigenvalue weighted by molar-refractivity contribution is 6.05. The molecule has 1 amide bonds. The molecule has 1 aromatic carbocycles. The van der Waals surface area contributed by atoms with Crippen molar-refractivity contribution < 1.29 is 23.5 Å². The molecule has 2 rings (SSSR count). The highest BCUT2D eigenvalue weighted by Crippen LogP contribution is 2.27. The van der Waals surface area contributed by atoms with E-state index in [2.05, 4.69) is 5.32 Å². The third-order valence-electron chi connectivity index (χ3n) is 2.95. The second kappa shape index (κ2) is 5.81. The molecule has 0 saturated heterocycles. The summed E-state index contributed by atoms with van der Waals surface area (Å²) >= 11 is 0. The summed E-state index contributed by atoms with van der Waals surface area (Å²) in [7, 11) is 0. The van der Waals surface area contributed by atoms with Gasteiger partial charge in [-0.05, 0) is 19.1 Å². The molecule has 1 aliphatic rings. The Morgan fingerprint density at radius 2 is 2.20 bits per heavy atom. The van der Waals surface area contributed by atoms with E-state index in [1.165, 1.54) is 25.1 Å². The maximum absolute atomic E-state index is 13.6. The van der Waals surface area contributed by atoms with Crippen molar-refractivity contribution in [2.75, 3.05) is 6.61 Å². The van der Waals surface area contributed by atoms with Crippen molar-refractivity contribution in [2.24, 2.45) is 0 Å². The molecule has 1 atom stereocenters. The Morgan fingerprint density at radius 3 is 2.90 bits per heavy atom. The van der Waals surface area contributed by atoms with E-state index < -0.39 is 23.5 Å². The predicted octanol–water partition coefficient (Wildman–Crippen LogP) is 1.25. The molecule has 0 radical (unpaired) electrons. The van der Waals surface area contributed by atoms with Gasteiger partial charge in [0.2, 0.25) is 5.91 Å². The zero-order valence-electron chi connectivity index (χ0n) is 10.9. The largest absolute Gasteiger partial charge is 0.490 e. The summed E-state index contributed by atoms with van der Waals surface area (Å²) in [6.45, 7) is 1.41. The lowest BCUT2D eigenvalue weighted by Crippen LogP contribution is -2.41. The van der Waals surface area contributed by atoms with Crippen LogP contribution in [0.4, 0.5) is 4.39 Å². The van der Waals surface area contributed by atoms with Crippen molar-refractivity contribution in [3.05, 3.63) is 29.6 Å². The van der Waals surface area contributed by atoms with Crippen LogP contribution in [0.25, 0.3) is 0 Å². The molecule has 1 aliphatic heterocycles. The van der Waals surface area contributed by atoms with E-state index in [9.17, 15) is 18.8 Å². The third kappa shape index (κ3) is 3.01. The van der Waals surface area contributed by atoms with Gasteiger partial charge in [0, 0.05) is 6.42 Å². The number of halogens is 1. The van der Waals surface area contributed by atoms with Crippen molar-refractivity contribution in [1.29, 1.82) is 0 Å². The second-order valence-electron chi connectivity index (χ2n) is 4.62. The smallest absolute Gasteiger partial charge is 0.228 e. The fraction of sp³-hybridized carbons (Fsp3) is 0.357. The van der Waals surface area contributed by atoms with Gasteiger partial charge in [-0.2, -0.15) is 0 Å². The molecule has 1 aromatic rings. The Hall–Kier alpha value is -2.24. The van der Waals surface area contributed by atoms with Crippen molar-refractivity contribution >= 4 is 17.5 Å². The molecule has 0 spiro atoms. The number of para-hydroxylation sites is 1.